The minimum absolute atomic E-state index is 0.261. The monoisotopic (exact) mass is 280 g/mol. The zero-order valence-corrected chi connectivity index (χ0v) is 11.6. The molecular formula is C13H13FN2O2S. The van der Waals surface area contributed by atoms with Gasteiger partial charge in [0.05, 0.1) is 19.8 Å². The van der Waals surface area contributed by atoms with Gasteiger partial charge in [0.15, 0.2) is 0 Å². The van der Waals surface area contributed by atoms with Gasteiger partial charge in [-0.25, -0.2) is 4.39 Å². The van der Waals surface area contributed by atoms with Crippen LogP contribution in [0.25, 0.3) is 11.1 Å². The molecule has 0 amide bonds. The standard InChI is InChI=1S/C13H13FN2O2S/c1-17-12-7-10(13(18-2)16-15-12)9-5-4-8(19-3)6-11(9)14/h4-7H,1-3H3. The van der Waals surface area contributed by atoms with Crippen LogP contribution < -0.4 is 9.47 Å². The van der Waals surface area contributed by atoms with Gasteiger partial charge in [0.1, 0.15) is 5.82 Å². The van der Waals surface area contributed by atoms with Crippen LogP contribution in [0.1, 0.15) is 0 Å². The number of methoxy groups -OCH3 is 2. The Kier molecular flexibility index (Phi) is 4.21. The van der Waals surface area contributed by atoms with Crippen molar-refractivity contribution < 1.29 is 13.9 Å². The number of thioether (sulfide) groups is 1. The highest BCUT2D eigenvalue weighted by Gasteiger charge is 2.14. The first-order chi connectivity index (χ1) is 9.19. The molecule has 0 bridgehead atoms. The smallest absolute Gasteiger partial charge is 0.241 e. The summed E-state index contributed by atoms with van der Waals surface area (Å²) in [5.74, 6) is 0.237. The Bertz CT molecular complexity index is 593. The Morgan fingerprint density at radius 1 is 1.05 bits per heavy atom. The predicted octanol–water partition coefficient (Wildman–Crippen LogP) is 3.02. The Balaban J connectivity index is 2.56. The van der Waals surface area contributed by atoms with Crippen LogP contribution in [0.5, 0.6) is 11.8 Å². The highest BCUT2D eigenvalue weighted by Crippen LogP contribution is 2.33. The summed E-state index contributed by atoms with van der Waals surface area (Å²) < 4.78 is 24.2. The van der Waals surface area contributed by atoms with Gasteiger partial charge in [0, 0.05) is 16.5 Å². The van der Waals surface area contributed by atoms with Crippen molar-refractivity contribution in [2.75, 3.05) is 20.5 Å². The molecule has 0 atom stereocenters. The molecule has 2 rings (SSSR count). The van der Waals surface area contributed by atoms with Gasteiger partial charge in [-0.05, 0) is 18.4 Å². The Hall–Kier alpha value is -1.82. The molecule has 0 aliphatic rings. The molecule has 1 aromatic carbocycles. The molecule has 0 N–H and O–H groups in total. The van der Waals surface area contributed by atoms with E-state index in [-0.39, 0.29) is 11.7 Å². The van der Waals surface area contributed by atoms with Gasteiger partial charge in [-0.2, -0.15) is 0 Å². The summed E-state index contributed by atoms with van der Waals surface area (Å²) >= 11 is 1.48. The highest BCUT2D eigenvalue weighted by atomic mass is 32.2. The average molecular weight is 280 g/mol. The van der Waals surface area contributed by atoms with Crippen LogP contribution in [0.4, 0.5) is 4.39 Å². The van der Waals surface area contributed by atoms with E-state index in [9.17, 15) is 4.39 Å². The number of aromatic nitrogens is 2. The lowest BCUT2D eigenvalue weighted by Crippen LogP contribution is -1.98. The van der Waals surface area contributed by atoms with E-state index in [0.29, 0.717) is 17.0 Å². The number of nitrogens with zero attached hydrogens (tertiary/aromatic N) is 2. The maximum atomic E-state index is 14.1. The first kappa shape index (κ1) is 13.6. The van der Waals surface area contributed by atoms with Crippen molar-refractivity contribution in [2.45, 2.75) is 4.90 Å². The molecule has 0 unspecified atom stereocenters. The number of benzene rings is 1. The van der Waals surface area contributed by atoms with E-state index in [1.807, 2.05) is 12.3 Å². The van der Waals surface area contributed by atoms with Crippen LogP contribution in [-0.4, -0.2) is 30.7 Å². The molecular weight excluding hydrogens is 267 g/mol. The van der Waals surface area contributed by atoms with E-state index in [4.69, 9.17) is 9.47 Å². The summed E-state index contributed by atoms with van der Waals surface area (Å²) in [6.07, 6.45) is 1.89. The van der Waals surface area contributed by atoms with Crippen LogP contribution in [0, 0.1) is 5.82 Å². The molecule has 100 valence electrons. The van der Waals surface area contributed by atoms with Crippen molar-refractivity contribution in [1.29, 1.82) is 0 Å². The van der Waals surface area contributed by atoms with Crippen LogP contribution in [0.15, 0.2) is 29.2 Å². The van der Waals surface area contributed by atoms with Crippen molar-refractivity contribution in [1.82, 2.24) is 10.2 Å². The molecule has 1 heterocycles. The summed E-state index contributed by atoms with van der Waals surface area (Å²) in [6, 6.07) is 6.62. The van der Waals surface area contributed by atoms with Gasteiger partial charge in [0.2, 0.25) is 11.8 Å². The molecule has 6 heteroatoms. The zero-order valence-electron chi connectivity index (χ0n) is 10.8. The molecule has 0 spiro atoms. The third-order valence-corrected chi connectivity index (χ3v) is 3.33. The summed E-state index contributed by atoms with van der Waals surface area (Å²) in [5.41, 5.74) is 0.919. The largest absolute Gasteiger partial charge is 0.480 e. The second kappa shape index (κ2) is 5.88. The lowest BCUT2D eigenvalue weighted by Gasteiger charge is -2.09. The van der Waals surface area contributed by atoms with Crippen molar-refractivity contribution in [3.05, 3.63) is 30.1 Å². The molecule has 0 radical (unpaired) electrons. The second-order valence-electron chi connectivity index (χ2n) is 3.66. The predicted molar refractivity (Wildman–Crippen MR) is 72.3 cm³/mol. The maximum Gasteiger partial charge on any atom is 0.241 e. The van der Waals surface area contributed by atoms with E-state index in [1.54, 1.807) is 12.1 Å². The lowest BCUT2D eigenvalue weighted by atomic mass is 10.1. The quantitative estimate of drug-likeness (QED) is 0.805. The number of halogens is 1. The van der Waals surface area contributed by atoms with Gasteiger partial charge in [0.25, 0.3) is 0 Å². The highest BCUT2D eigenvalue weighted by molar-refractivity contribution is 7.98. The Labute approximate surface area is 115 Å². The molecule has 0 saturated heterocycles. The second-order valence-corrected chi connectivity index (χ2v) is 4.54. The minimum Gasteiger partial charge on any atom is -0.480 e. The summed E-state index contributed by atoms with van der Waals surface area (Å²) in [7, 11) is 2.95. The molecule has 0 aliphatic heterocycles. The SMILES string of the molecule is COc1cc(-c2ccc(SC)cc2F)c(OC)nn1. The topological polar surface area (TPSA) is 44.2 Å². The van der Waals surface area contributed by atoms with Crippen molar-refractivity contribution in [2.24, 2.45) is 0 Å². The minimum atomic E-state index is -0.333. The van der Waals surface area contributed by atoms with Gasteiger partial charge < -0.3 is 9.47 Å². The fourth-order valence-electron chi connectivity index (χ4n) is 1.65. The van der Waals surface area contributed by atoms with Crippen LogP contribution in [-0.2, 0) is 0 Å². The normalized spacial score (nSPS) is 10.3. The molecule has 4 nitrogen and oxygen atoms in total. The van der Waals surface area contributed by atoms with Crippen LogP contribution in [0.2, 0.25) is 0 Å². The summed E-state index contributed by atoms with van der Waals surface area (Å²) in [6.45, 7) is 0. The van der Waals surface area contributed by atoms with E-state index in [2.05, 4.69) is 10.2 Å². The third kappa shape index (κ3) is 2.78. The first-order valence-electron chi connectivity index (χ1n) is 5.49. The van der Waals surface area contributed by atoms with Crippen LogP contribution >= 0.6 is 11.8 Å². The Morgan fingerprint density at radius 3 is 2.42 bits per heavy atom. The van der Waals surface area contributed by atoms with Gasteiger partial charge in [-0.3, -0.25) is 0 Å². The van der Waals surface area contributed by atoms with Crippen molar-refractivity contribution in [3.8, 4) is 22.9 Å². The fraction of sp³-hybridized carbons (Fsp3) is 0.231. The van der Waals surface area contributed by atoms with Gasteiger partial charge >= 0.3 is 0 Å². The zero-order chi connectivity index (χ0) is 13.8. The molecule has 2 aromatic rings. The third-order valence-electron chi connectivity index (χ3n) is 2.61. The Morgan fingerprint density at radius 2 is 1.84 bits per heavy atom. The fourth-order valence-corrected chi connectivity index (χ4v) is 2.07. The molecule has 0 aliphatic carbocycles. The maximum absolute atomic E-state index is 14.1. The van der Waals surface area contributed by atoms with Crippen molar-refractivity contribution >= 4 is 11.8 Å². The molecule has 19 heavy (non-hydrogen) atoms. The number of hydrogen-bond donors (Lipinski definition) is 0. The van der Waals surface area contributed by atoms with E-state index in [0.717, 1.165) is 4.90 Å². The van der Waals surface area contributed by atoms with E-state index in [1.165, 1.54) is 32.0 Å². The number of ether oxygens (including phenoxy) is 2. The van der Waals surface area contributed by atoms with Gasteiger partial charge in [-0.15, -0.1) is 22.0 Å². The molecule has 0 saturated carbocycles. The van der Waals surface area contributed by atoms with Crippen molar-refractivity contribution in [3.63, 3.8) is 0 Å². The summed E-state index contributed by atoms with van der Waals surface area (Å²) in [5, 5.41) is 7.65. The van der Waals surface area contributed by atoms with Gasteiger partial charge in [-0.1, -0.05) is 6.07 Å². The molecule has 1 aromatic heterocycles. The lowest BCUT2D eigenvalue weighted by molar-refractivity contribution is 0.369. The summed E-state index contributed by atoms with van der Waals surface area (Å²) in [4.78, 5) is 0.856. The van der Waals surface area contributed by atoms with E-state index < -0.39 is 0 Å². The molecule has 0 fully saturated rings. The number of hydrogen-bond acceptors (Lipinski definition) is 5. The first-order valence-corrected chi connectivity index (χ1v) is 6.71. The van der Waals surface area contributed by atoms with E-state index >= 15 is 0 Å². The number of rotatable bonds is 4. The average Bonchev–Trinajstić information content (AvgIpc) is 2.46. The van der Waals surface area contributed by atoms with Crippen LogP contribution in [0.3, 0.4) is 0 Å².